The first kappa shape index (κ1) is 15.7. The zero-order chi connectivity index (χ0) is 16.2. The average molecular weight is 329 g/mol. The Morgan fingerprint density at radius 2 is 2.17 bits per heavy atom. The fourth-order valence-corrected chi connectivity index (χ4v) is 3.28. The summed E-state index contributed by atoms with van der Waals surface area (Å²) < 4.78 is 1.91. The van der Waals surface area contributed by atoms with Crippen LogP contribution in [0.3, 0.4) is 0 Å². The van der Waals surface area contributed by atoms with Crippen molar-refractivity contribution in [2.75, 3.05) is 0 Å². The molecule has 120 valence electrons. The van der Waals surface area contributed by atoms with Gasteiger partial charge in [-0.3, -0.25) is 9.20 Å². The molecule has 0 saturated heterocycles. The second-order valence-electron chi connectivity index (χ2n) is 5.63. The van der Waals surface area contributed by atoms with Crippen LogP contribution in [0.4, 0.5) is 0 Å². The van der Waals surface area contributed by atoms with E-state index in [1.807, 2.05) is 59.4 Å². The summed E-state index contributed by atoms with van der Waals surface area (Å²) in [6, 6.07) is 9.37. The summed E-state index contributed by atoms with van der Waals surface area (Å²) in [5.41, 5.74) is 1.62. The SMILES string of the molecule is CC(CC(O)c1ccccc1)NC(=O)Cc1cn2ccsc2n1. The third kappa shape index (κ3) is 3.97. The number of hydrogen-bond acceptors (Lipinski definition) is 4. The van der Waals surface area contributed by atoms with Gasteiger partial charge < -0.3 is 10.4 Å². The smallest absolute Gasteiger partial charge is 0.226 e. The third-order valence-electron chi connectivity index (χ3n) is 3.65. The van der Waals surface area contributed by atoms with Gasteiger partial charge in [0.15, 0.2) is 4.96 Å². The summed E-state index contributed by atoms with van der Waals surface area (Å²) in [7, 11) is 0. The van der Waals surface area contributed by atoms with Crippen molar-refractivity contribution in [3.05, 3.63) is 59.4 Å². The molecule has 0 radical (unpaired) electrons. The van der Waals surface area contributed by atoms with Gasteiger partial charge in [-0.25, -0.2) is 4.98 Å². The topological polar surface area (TPSA) is 66.6 Å². The van der Waals surface area contributed by atoms with Gasteiger partial charge in [0.1, 0.15) is 0 Å². The Hall–Kier alpha value is -2.18. The largest absolute Gasteiger partial charge is 0.388 e. The van der Waals surface area contributed by atoms with Crippen LogP contribution in [0.15, 0.2) is 48.1 Å². The summed E-state index contributed by atoms with van der Waals surface area (Å²) in [6.07, 6.45) is 3.94. The first-order valence-corrected chi connectivity index (χ1v) is 8.43. The summed E-state index contributed by atoms with van der Waals surface area (Å²) in [5, 5.41) is 15.1. The lowest BCUT2D eigenvalue weighted by Crippen LogP contribution is -2.34. The second kappa shape index (κ2) is 6.93. The standard InChI is InChI=1S/C17H19N3O2S/c1-12(9-15(21)13-5-3-2-4-6-13)18-16(22)10-14-11-20-7-8-23-17(20)19-14/h2-8,11-12,15,21H,9-10H2,1H3,(H,18,22). The first-order valence-electron chi connectivity index (χ1n) is 7.55. The number of nitrogens with one attached hydrogen (secondary N) is 1. The van der Waals surface area contributed by atoms with E-state index in [1.54, 1.807) is 11.3 Å². The summed E-state index contributed by atoms with van der Waals surface area (Å²) >= 11 is 1.54. The Morgan fingerprint density at radius 1 is 1.39 bits per heavy atom. The predicted octanol–water partition coefficient (Wildman–Crippen LogP) is 2.57. The van der Waals surface area contributed by atoms with E-state index in [2.05, 4.69) is 10.3 Å². The molecule has 2 heterocycles. The number of thiazole rings is 1. The number of hydrogen-bond donors (Lipinski definition) is 2. The summed E-state index contributed by atoms with van der Waals surface area (Å²) in [6.45, 7) is 1.90. The third-order valence-corrected chi connectivity index (χ3v) is 4.42. The van der Waals surface area contributed by atoms with Crippen LogP contribution >= 0.6 is 11.3 Å². The molecule has 6 heteroatoms. The lowest BCUT2D eigenvalue weighted by Gasteiger charge is -2.18. The van der Waals surface area contributed by atoms with Gasteiger partial charge in [0.25, 0.3) is 0 Å². The molecule has 3 aromatic rings. The highest BCUT2D eigenvalue weighted by Crippen LogP contribution is 2.18. The fourth-order valence-electron chi connectivity index (χ4n) is 2.56. The van der Waals surface area contributed by atoms with Crippen molar-refractivity contribution < 1.29 is 9.90 Å². The van der Waals surface area contributed by atoms with Gasteiger partial charge in [0.05, 0.1) is 18.2 Å². The van der Waals surface area contributed by atoms with E-state index >= 15 is 0 Å². The van der Waals surface area contributed by atoms with Crippen LogP contribution in [0.25, 0.3) is 4.96 Å². The van der Waals surface area contributed by atoms with Crippen molar-refractivity contribution in [1.82, 2.24) is 14.7 Å². The number of amides is 1. The summed E-state index contributed by atoms with van der Waals surface area (Å²) in [4.78, 5) is 17.4. The Kier molecular flexibility index (Phi) is 4.73. The maximum atomic E-state index is 12.1. The molecule has 0 bridgehead atoms. The summed E-state index contributed by atoms with van der Waals surface area (Å²) in [5.74, 6) is -0.0801. The molecule has 0 aliphatic carbocycles. The Bertz CT molecular complexity index is 753. The Balaban J connectivity index is 1.52. The van der Waals surface area contributed by atoms with Gasteiger partial charge in [-0.15, -0.1) is 11.3 Å². The molecule has 23 heavy (non-hydrogen) atoms. The number of imidazole rings is 1. The highest BCUT2D eigenvalue weighted by Gasteiger charge is 2.15. The minimum absolute atomic E-state index is 0.0801. The van der Waals surface area contributed by atoms with Crippen LogP contribution in [-0.4, -0.2) is 26.4 Å². The Morgan fingerprint density at radius 3 is 2.91 bits per heavy atom. The van der Waals surface area contributed by atoms with Crippen molar-refractivity contribution in [2.24, 2.45) is 0 Å². The van der Waals surface area contributed by atoms with E-state index in [9.17, 15) is 9.90 Å². The van der Waals surface area contributed by atoms with Crippen molar-refractivity contribution >= 4 is 22.2 Å². The molecule has 5 nitrogen and oxygen atoms in total. The molecule has 2 atom stereocenters. The van der Waals surface area contributed by atoms with Crippen molar-refractivity contribution in [1.29, 1.82) is 0 Å². The number of benzene rings is 1. The van der Waals surface area contributed by atoms with E-state index in [0.29, 0.717) is 6.42 Å². The minimum atomic E-state index is -0.579. The van der Waals surface area contributed by atoms with Crippen LogP contribution in [0, 0.1) is 0 Å². The van der Waals surface area contributed by atoms with Gasteiger partial charge in [-0.05, 0) is 18.9 Å². The predicted molar refractivity (Wildman–Crippen MR) is 90.4 cm³/mol. The number of carbonyl (C=O) groups excluding carboxylic acids is 1. The number of nitrogens with zero attached hydrogens (tertiary/aromatic N) is 2. The molecule has 3 rings (SSSR count). The normalized spacial score (nSPS) is 13.8. The number of aliphatic hydroxyl groups excluding tert-OH is 1. The Labute approximate surface area is 138 Å². The minimum Gasteiger partial charge on any atom is -0.388 e. The molecule has 2 unspecified atom stereocenters. The quantitative estimate of drug-likeness (QED) is 0.730. The molecule has 1 amide bonds. The number of carbonyl (C=O) groups is 1. The van der Waals surface area contributed by atoms with Crippen LogP contribution in [0.2, 0.25) is 0 Å². The molecule has 0 saturated carbocycles. The van der Waals surface area contributed by atoms with E-state index in [1.165, 1.54) is 0 Å². The zero-order valence-corrected chi connectivity index (χ0v) is 13.7. The number of rotatable bonds is 6. The lowest BCUT2D eigenvalue weighted by molar-refractivity contribution is -0.121. The molecule has 1 aromatic carbocycles. The second-order valence-corrected chi connectivity index (χ2v) is 6.51. The van der Waals surface area contributed by atoms with Gasteiger partial charge in [-0.2, -0.15) is 0 Å². The van der Waals surface area contributed by atoms with E-state index in [4.69, 9.17) is 0 Å². The maximum Gasteiger partial charge on any atom is 0.226 e. The van der Waals surface area contributed by atoms with Crippen LogP contribution < -0.4 is 5.32 Å². The average Bonchev–Trinajstić information content (AvgIpc) is 3.08. The van der Waals surface area contributed by atoms with Crippen molar-refractivity contribution in [3.63, 3.8) is 0 Å². The van der Waals surface area contributed by atoms with Gasteiger partial charge in [-0.1, -0.05) is 30.3 Å². The zero-order valence-electron chi connectivity index (χ0n) is 12.8. The number of aromatic nitrogens is 2. The highest BCUT2D eigenvalue weighted by molar-refractivity contribution is 7.15. The molecular formula is C17H19N3O2S. The van der Waals surface area contributed by atoms with Crippen molar-refractivity contribution in [3.8, 4) is 0 Å². The van der Waals surface area contributed by atoms with Crippen LogP contribution in [-0.2, 0) is 11.2 Å². The lowest BCUT2D eigenvalue weighted by atomic mass is 10.0. The monoisotopic (exact) mass is 329 g/mol. The number of fused-ring (bicyclic) bond motifs is 1. The molecule has 2 N–H and O–H groups in total. The van der Waals surface area contributed by atoms with Crippen LogP contribution in [0.1, 0.15) is 30.7 Å². The fraction of sp³-hybridized carbons (Fsp3) is 0.294. The van der Waals surface area contributed by atoms with Crippen LogP contribution in [0.5, 0.6) is 0 Å². The first-order chi connectivity index (χ1) is 11.1. The molecule has 0 aliphatic rings. The van der Waals surface area contributed by atoms with E-state index in [0.717, 1.165) is 16.2 Å². The molecule has 2 aromatic heterocycles. The molecular weight excluding hydrogens is 310 g/mol. The maximum absolute atomic E-state index is 12.1. The van der Waals surface area contributed by atoms with Crippen molar-refractivity contribution in [2.45, 2.75) is 31.9 Å². The molecule has 0 fully saturated rings. The van der Waals surface area contributed by atoms with Gasteiger partial charge in [0.2, 0.25) is 5.91 Å². The van der Waals surface area contributed by atoms with E-state index < -0.39 is 6.10 Å². The van der Waals surface area contributed by atoms with Gasteiger partial charge in [0, 0.05) is 23.8 Å². The molecule has 0 aliphatic heterocycles. The highest BCUT2D eigenvalue weighted by atomic mass is 32.1. The van der Waals surface area contributed by atoms with E-state index in [-0.39, 0.29) is 18.4 Å². The van der Waals surface area contributed by atoms with Gasteiger partial charge >= 0.3 is 0 Å². The molecule has 0 spiro atoms. The number of aliphatic hydroxyl groups is 1.